The lowest BCUT2D eigenvalue weighted by molar-refractivity contribution is 0.153. The minimum atomic E-state index is -3.80. The molecule has 0 saturated heterocycles. The maximum absolute atomic E-state index is 11.3. The molecule has 0 aliphatic heterocycles. The number of unbranched alkanes of at least 4 members (excludes halogenated alkanes) is 15. The number of hydrogen-bond acceptors (Lipinski definition) is 3. The zero-order valence-corrected chi connectivity index (χ0v) is 23.3. The van der Waals surface area contributed by atoms with Crippen molar-refractivity contribution in [3.8, 4) is 0 Å². The van der Waals surface area contributed by atoms with Crippen molar-refractivity contribution in [2.45, 2.75) is 116 Å². The monoisotopic (exact) mass is 580 g/mol. The van der Waals surface area contributed by atoms with E-state index in [4.69, 9.17) is 4.52 Å². The molecule has 0 amide bonds. The van der Waals surface area contributed by atoms with Crippen LogP contribution >= 0.6 is 30.4 Å². The second-order valence-corrected chi connectivity index (χ2v) is 11.5. The first-order valence-corrected chi connectivity index (χ1v) is 15.5. The first-order chi connectivity index (χ1) is 15.5. The topological polar surface area (TPSA) is 55.8 Å². The van der Waals surface area contributed by atoms with Crippen molar-refractivity contribution < 1.29 is 18.5 Å². The standard InChI is InChI=1S/C26H46IO4P/c1-2-30-32(28,29)31-24-18-16-14-12-10-8-6-4-3-5-7-9-11-13-15-17-19-25-20-22-26(27)23-21-25/h20-23H,2-19,24H2,1H3,(H,28,29). The predicted molar refractivity (Wildman–Crippen MR) is 144 cm³/mol. The van der Waals surface area contributed by atoms with Crippen molar-refractivity contribution in [2.24, 2.45) is 0 Å². The molecule has 1 N–H and O–H groups in total. The Morgan fingerprint density at radius 1 is 0.688 bits per heavy atom. The van der Waals surface area contributed by atoms with E-state index in [1.54, 1.807) is 6.92 Å². The maximum Gasteiger partial charge on any atom is 0.472 e. The van der Waals surface area contributed by atoms with E-state index in [1.807, 2.05) is 0 Å². The van der Waals surface area contributed by atoms with Gasteiger partial charge in [-0.2, -0.15) is 0 Å². The Bertz CT molecular complexity index is 594. The van der Waals surface area contributed by atoms with Crippen LogP contribution in [0, 0.1) is 3.57 Å². The summed E-state index contributed by atoms with van der Waals surface area (Å²) in [5, 5.41) is 0. The molecule has 0 heterocycles. The van der Waals surface area contributed by atoms with Gasteiger partial charge in [-0.25, -0.2) is 4.57 Å². The lowest BCUT2D eigenvalue weighted by Crippen LogP contribution is -1.96. The second kappa shape index (κ2) is 20.4. The van der Waals surface area contributed by atoms with Crippen molar-refractivity contribution in [1.29, 1.82) is 0 Å². The smallest absolute Gasteiger partial charge is 0.302 e. The van der Waals surface area contributed by atoms with E-state index in [-0.39, 0.29) is 6.61 Å². The largest absolute Gasteiger partial charge is 0.472 e. The highest BCUT2D eigenvalue weighted by Crippen LogP contribution is 2.42. The summed E-state index contributed by atoms with van der Waals surface area (Å²) in [5.74, 6) is 0. The van der Waals surface area contributed by atoms with Gasteiger partial charge >= 0.3 is 7.82 Å². The molecular formula is C26H46IO4P. The fourth-order valence-electron chi connectivity index (χ4n) is 3.94. The fourth-order valence-corrected chi connectivity index (χ4v) is 5.06. The van der Waals surface area contributed by atoms with Gasteiger partial charge in [-0.05, 0) is 66.5 Å². The summed E-state index contributed by atoms with van der Waals surface area (Å²) in [6.07, 6.45) is 22.0. The number of phosphoric acid groups is 1. The molecule has 1 rings (SSSR count). The van der Waals surface area contributed by atoms with Gasteiger partial charge in [-0.3, -0.25) is 9.05 Å². The van der Waals surface area contributed by atoms with Crippen LogP contribution < -0.4 is 0 Å². The number of aryl methyl sites for hydroxylation is 1. The average molecular weight is 581 g/mol. The van der Waals surface area contributed by atoms with E-state index < -0.39 is 7.82 Å². The van der Waals surface area contributed by atoms with Crippen LogP contribution in [0.5, 0.6) is 0 Å². The number of phosphoric ester groups is 1. The van der Waals surface area contributed by atoms with Crippen LogP contribution in [0.2, 0.25) is 0 Å². The molecule has 0 aliphatic carbocycles. The Hall–Kier alpha value is 0.0600. The molecule has 0 aliphatic rings. The van der Waals surface area contributed by atoms with Crippen LogP contribution in [0.25, 0.3) is 0 Å². The van der Waals surface area contributed by atoms with Gasteiger partial charge in [0, 0.05) is 3.57 Å². The number of rotatable bonds is 22. The van der Waals surface area contributed by atoms with Crippen molar-refractivity contribution in [3.05, 3.63) is 33.4 Å². The zero-order chi connectivity index (χ0) is 23.3. The first kappa shape index (κ1) is 30.1. The van der Waals surface area contributed by atoms with E-state index in [0.717, 1.165) is 12.8 Å². The molecule has 0 radical (unpaired) electrons. The van der Waals surface area contributed by atoms with E-state index in [2.05, 4.69) is 51.4 Å². The average Bonchev–Trinajstić information content (AvgIpc) is 2.76. The fraction of sp³-hybridized carbons (Fsp3) is 0.769. The third-order valence-corrected chi connectivity index (χ3v) is 7.63. The normalized spacial score (nSPS) is 13.3. The molecular weight excluding hydrogens is 534 g/mol. The Balaban J connectivity index is 1.73. The Kier molecular flexibility index (Phi) is 19.2. The van der Waals surface area contributed by atoms with Crippen molar-refractivity contribution >= 4 is 30.4 Å². The molecule has 6 heteroatoms. The van der Waals surface area contributed by atoms with Crippen molar-refractivity contribution in [2.75, 3.05) is 13.2 Å². The Morgan fingerprint density at radius 2 is 1.09 bits per heavy atom. The molecule has 1 aromatic carbocycles. The van der Waals surface area contributed by atoms with Crippen LogP contribution in [0.3, 0.4) is 0 Å². The van der Waals surface area contributed by atoms with Gasteiger partial charge in [0.1, 0.15) is 0 Å². The van der Waals surface area contributed by atoms with Gasteiger partial charge in [-0.15, -0.1) is 0 Å². The summed E-state index contributed by atoms with van der Waals surface area (Å²) in [5.41, 5.74) is 1.48. The lowest BCUT2D eigenvalue weighted by atomic mass is 10.0. The SMILES string of the molecule is CCOP(=O)(O)OCCCCCCCCCCCCCCCCCCc1ccc(I)cc1. The number of benzene rings is 1. The molecule has 0 saturated carbocycles. The van der Waals surface area contributed by atoms with Gasteiger partial charge in [-0.1, -0.05) is 102 Å². The second-order valence-electron chi connectivity index (χ2n) is 8.75. The van der Waals surface area contributed by atoms with Gasteiger partial charge < -0.3 is 4.89 Å². The predicted octanol–water partition coefficient (Wildman–Crippen LogP) is 9.23. The van der Waals surface area contributed by atoms with Gasteiger partial charge in [0.05, 0.1) is 13.2 Å². The van der Waals surface area contributed by atoms with Gasteiger partial charge in [0.2, 0.25) is 0 Å². The number of halogens is 1. The highest BCUT2D eigenvalue weighted by Gasteiger charge is 2.18. The molecule has 0 aromatic heterocycles. The van der Waals surface area contributed by atoms with Crippen LogP contribution in [0.15, 0.2) is 24.3 Å². The zero-order valence-electron chi connectivity index (χ0n) is 20.2. The lowest BCUT2D eigenvalue weighted by Gasteiger charge is -2.10. The van der Waals surface area contributed by atoms with Crippen molar-refractivity contribution in [1.82, 2.24) is 0 Å². The van der Waals surface area contributed by atoms with Crippen LogP contribution in [-0.4, -0.2) is 18.1 Å². The summed E-state index contributed by atoms with van der Waals surface area (Å²) < 4.78 is 22.2. The molecule has 1 atom stereocenters. The van der Waals surface area contributed by atoms with Gasteiger partial charge in [0.25, 0.3) is 0 Å². The minimum Gasteiger partial charge on any atom is -0.302 e. The van der Waals surface area contributed by atoms with E-state index in [0.29, 0.717) is 6.61 Å². The summed E-state index contributed by atoms with van der Waals surface area (Å²) in [7, 11) is -3.80. The molecule has 0 fully saturated rings. The van der Waals surface area contributed by atoms with Crippen molar-refractivity contribution in [3.63, 3.8) is 0 Å². The molecule has 0 spiro atoms. The van der Waals surface area contributed by atoms with Crippen LogP contribution in [0.1, 0.15) is 115 Å². The molecule has 1 aromatic rings. The van der Waals surface area contributed by atoms with Gasteiger partial charge in [0.15, 0.2) is 0 Å². The Morgan fingerprint density at radius 3 is 1.53 bits per heavy atom. The molecule has 186 valence electrons. The molecule has 32 heavy (non-hydrogen) atoms. The van der Waals surface area contributed by atoms with Crippen LogP contribution in [-0.2, 0) is 20.0 Å². The maximum atomic E-state index is 11.3. The quantitative estimate of drug-likeness (QED) is 0.0844. The first-order valence-electron chi connectivity index (χ1n) is 12.9. The summed E-state index contributed by atoms with van der Waals surface area (Å²) in [4.78, 5) is 9.30. The third-order valence-electron chi connectivity index (χ3n) is 5.82. The molecule has 0 bridgehead atoms. The van der Waals surface area contributed by atoms with E-state index in [9.17, 15) is 9.46 Å². The van der Waals surface area contributed by atoms with E-state index >= 15 is 0 Å². The molecule has 1 unspecified atom stereocenters. The summed E-state index contributed by atoms with van der Waals surface area (Å²) in [6.45, 7) is 2.19. The third kappa shape index (κ3) is 18.5. The van der Waals surface area contributed by atoms with Crippen LogP contribution in [0.4, 0.5) is 0 Å². The molecule has 4 nitrogen and oxygen atoms in total. The Labute approximate surface area is 211 Å². The highest BCUT2D eigenvalue weighted by atomic mass is 127. The minimum absolute atomic E-state index is 0.197. The van der Waals surface area contributed by atoms with E-state index in [1.165, 1.54) is 105 Å². The number of hydrogen-bond donors (Lipinski definition) is 1. The summed E-state index contributed by atoms with van der Waals surface area (Å²) >= 11 is 2.36. The highest BCUT2D eigenvalue weighted by molar-refractivity contribution is 14.1. The summed E-state index contributed by atoms with van der Waals surface area (Å²) in [6, 6.07) is 8.95.